The molecule has 3 rings (SSSR count). The fourth-order valence-corrected chi connectivity index (χ4v) is 2.68. The van der Waals surface area contributed by atoms with Crippen LogP contribution in [0.1, 0.15) is 30.3 Å². The van der Waals surface area contributed by atoms with E-state index < -0.39 is 0 Å². The van der Waals surface area contributed by atoms with E-state index in [-0.39, 0.29) is 0 Å². The average molecular weight is 230 g/mol. The van der Waals surface area contributed by atoms with Crippen molar-refractivity contribution < 1.29 is 0 Å². The lowest BCUT2D eigenvalue weighted by atomic mass is 10.2. The zero-order chi connectivity index (χ0) is 11.8. The lowest BCUT2D eigenvalue weighted by Crippen LogP contribution is -2.19. The zero-order valence-electron chi connectivity index (χ0n) is 10.1. The van der Waals surface area contributed by atoms with Crippen LogP contribution in [0.4, 0.5) is 0 Å². The number of imidazole rings is 1. The van der Waals surface area contributed by atoms with Gasteiger partial charge in [-0.05, 0) is 44.1 Å². The van der Waals surface area contributed by atoms with E-state index in [9.17, 15) is 0 Å². The highest BCUT2D eigenvalue weighted by atomic mass is 15.2. The first-order valence-corrected chi connectivity index (χ1v) is 6.16. The summed E-state index contributed by atoms with van der Waals surface area (Å²) in [5, 5.41) is 0. The summed E-state index contributed by atoms with van der Waals surface area (Å²) in [5.74, 6) is 1.16. The first kappa shape index (κ1) is 10.7. The molecule has 4 nitrogen and oxygen atoms in total. The van der Waals surface area contributed by atoms with Gasteiger partial charge in [0.2, 0.25) is 0 Å². The maximum atomic E-state index is 5.65. The molecule has 0 amide bonds. The number of fused-ring (bicyclic) bond motifs is 1. The Morgan fingerprint density at radius 2 is 2.41 bits per heavy atom. The molecule has 4 heteroatoms. The van der Waals surface area contributed by atoms with Crippen molar-refractivity contribution in [3.05, 3.63) is 35.9 Å². The van der Waals surface area contributed by atoms with Gasteiger partial charge in [0.25, 0.3) is 0 Å². The summed E-state index contributed by atoms with van der Waals surface area (Å²) in [6.07, 6.45) is 6.50. The van der Waals surface area contributed by atoms with Crippen LogP contribution >= 0.6 is 0 Å². The van der Waals surface area contributed by atoms with Gasteiger partial charge in [0.15, 0.2) is 0 Å². The van der Waals surface area contributed by atoms with Crippen molar-refractivity contribution in [2.24, 2.45) is 5.73 Å². The number of rotatable bonds is 2. The lowest BCUT2D eigenvalue weighted by molar-refractivity contribution is 0.305. The predicted molar refractivity (Wildman–Crippen MR) is 67.7 cm³/mol. The van der Waals surface area contributed by atoms with Crippen LogP contribution in [0.15, 0.2) is 24.5 Å². The van der Waals surface area contributed by atoms with Crippen molar-refractivity contribution in [3.63, 3.8) is 0 Å². The molecular formula is C13H18N4. The molecule has 0 aliphatic carbocycles. The summed E-state index contributed by atoms with van der Waals surface area (Å²) in [4.78, 5) is 6.96. The third kappa shape index (κ3) is 1.73. The Balaban J connectivity index is 2.06. The predicted octanol–water partition coefficient (Wildman–Crippen LogP) is 1.56. The van der Waals surface area contributed by atoms with E-state index in [4.69, 9.17) is 5.73 Å². The highest BCUT2D eigenvalue weighted by Crippen LogP contribution is 2.29. The largest absolute Gasteiger partial charge is 0.326 e. The maximum Gasteiger partial charge on any atom is 0.130 e. The molecule has 1 saturated heterocycles. The Kier molecular flexibility index (Phi) is 2.61. The molecule has 2 aromatic rings. The number of pyridine rings is 1. The van der Waals surface area contributed by atoms with E-state index >= 15 is 0 Å². The van der Waals surface area contributed by atoms with Crippen molar-refractivity contribution in [3.8, 4) is 0 Å². The van der Waals surface area contributed by atoms with E-state index in [2.05, 4.69) is 39.7 Å². The van der Waals surface area contributed by atoms with Gasteiger partial charge in [0.1, 0.15) is 5.82 Å². The number of likely N-dealkylation sites (tertiary alicyclic amines) is 1. The van der Waals surface area contributed by atoms with Gasteiger partial charge in [-0.3, -0.25) is 4.90 Å². The summed E-state index contributed by atoms with van der Waals surface area (Å²) in [6, 6.07) is 4.65. The summed E-state index contributed by atoms with van der Waals surface area (Å²) in [7, 11) is 2.17. The van der Waals surface area contributed by atoms with Crippen LogP contribution in [0.3, 0.4) is 0 Å². The Bertz CT molecular complexity index is 531. The molecule has 1 fully saturated rings. The molecule has 3 heterocycles. The van der Waals surface area contributed by atoms with Crippen LogP contribution in [-0.4, -0.2) is 27.9 Å². The fourth-order valence-electron chi connectivity index (χ4n) is 2.68. The van der Waals surface area contributed by atoms with Gasteiger partial charge in [-0.15, -0.1) is 0 Å². The molecule has 90 valence electrons. The first-order chi connectivity index (χ1) is 8.29. The monoisotopic (exact) mass is 230 g/mol. The van der Waals surface area contributed by atoms with Crippen molar-refractivity contribution in [2.75, 3.05) is 13.6 Å². The van der Waals surface area contributed by atoms with Gasteiger partial charge >= 0.3 is 0 Å². The second-order valence-corrected chi connectivity index (χ2v) is 4.79. The van der Waals surface area contributed by atoms with E-state index in [1.54, 1.807) is 0 Å². The third-order valence-electron chi connectivity index (χ3n) is 3.68. The second-order valence-electron chi connectivity index (χ2n) is 4.79. The maximum absolute atomic E-state index is 5.65. The van der Waals surface area contributed by atoms with Crippen molar-refractivity contribution in [2.45, 2.75) is 25.4 Å². The van der Waals surface area contributed by atoms with Gasteiger partial charge in [0.05, 0.1) is 17.8 Å². The number of aromatic nitrogens is 2. The number of hydrogen-bond donors (Lipinski definition) is 1. The lowest BCUT2D eigenvalue weighted by Gasteiger charge is -2.18. The molecule has 1 atom stereocenters. The summed E-state index contributed by atoms with van der Waals surface area (Å²) in [5.41, 5.74) is 7.95. The smallest absolute Gasteiger partial charge is 0.130 e. The summed E-state index contributed by atoms with van der Waals surface area (Å²) in [6.45, 7) is 1.75. The Morgan fingerprint density at radius 3 is 3.12 bits per heavy atom. The molecule has 1 aliphatic heterocycles. The van der Waals surface area contributed by atoms with E-state index in [0.29, 0.717) is 12.6 Å². The summed E-state index contributed by atoms with van der Waals surface area (Å²) >= 11 is 0. The second kappa shape index (κ2) is 4.13. The molecule has 1 aliphatic rings. The molecule has 1 unspecified atom stereocenters. The van der Waals surface area contributed by atoms with Crippen LogP contribution < -0.4 is 5.73 Å². The van der Waals surface area contributed by atoms with E-state index in [0.717, 1.165) is 16.9 Å². The molecule has 17 heavy (non-hydrogen) atoms. The molecule has 2 N–H and O–H groups in total. The molecule has 0 bridgehead atoms. The number of nitrogens with two attached hydrogens (primary N) is 1. The Morgan fingerprint density at radius 1 is 1.53 bits per heavy atom. The normalized spacial score (nSPS) is 21.4. The quantitative estimate of drug-likeness (QED) is 0.851. The van der Waals surface area contributed by atoms with E-state index in [1.807, 2.05) is 6.20 Å². The molecule has 0 saturated carbocycles. The minimum absolute atomic E-state index is 0.459. The van der Waals surface area contributed by atoms with Gasteiger partial charge in [-0.1, -0.05) is 0 Å². The SMILES string of the molecule is CN1CCCC1c1ncc2cc(CN)ccn12. The van der Waals surface area contributed by atoms with Crippen LogP contribution in [-0.2, 0) is 6.54 Å². The molecule has 0 spiro atoms. The van der Waals surface area contributed by atoms with Gasteiger partial charge in [0, 0.05) is 12.7 Å². The molecule has 0 aromatic carbocycles. The highest BCUT2D eigenvalue weighted by molar-refractivity contribution is 5.48. The number of nitrogens with zero attached hydrogens (tertiary/aromatic N) is 3. The Labute approximate surface area is 101 Å². The Hall–Kier alpha value is -1.39. The average Bonchev–Trinajstić information content (AvgIpc) is 2.94. The van der Waals surface area contributed by atoms with E-state index in [1.165, 1.54) is 19.4 Å². The first-order valence-electron chi connectivity index (χ1n) is 6.16. The summed E-state index contributed by atoms with van der Waals surface area (Å²) < 4.78 is 2.19. The van der Waals surface area contributed by atoms with Crippen LogP contribution in [0.2, 0.25) is 0 Å². The minimum Gasteiger partial charge on any atom is -0.326 e. The third-order valence-corrected chi connectivity index (χ3v) is 3.68. The van der Waals surface area contributed by atoms with Crippen LogP contribution in [0.5, 0.6) is 0 Å². The van der Waals surface area contributed by atoms with Crippen LogP contribution in [0, 0.1) is 0 Å². The van der Waals surface area contributed by atoms with Crippen LogP contribution in [0.25, 0.3) is 5.52 Å². The zero-order valence-corrected chi connectivity index (χ0v) is 10.1. The van der Waals surface area contributed by atoms with Crippen molar-refractivity contribution >= 4 is 5.52 Å². The van der Waals surface area contributed by atoms with Crippen molar-refractivity contribution in [1.29, 1.82) is 0 Å². The molecular weight excluding hydrogens is 212 g/mol. The van der Waals surface area contributed by atoms with Crippen molar-refractivity contribution in [1.82, 2.24) is 14.3 Å². The molecule has 0 radical (unpaired) electrons. The van der Waals surface area contributed by atoms with Gasteiger partial charge in [-0.25, -0.2) is 4.98 Å². The minimum atomic E-state index is 0.459. The molecule has 2 aromatic heterocycles. The number of hydrogen-bond acceptors (Lipinski definition) is 3. The standard InChI is InChI=1S/C13H18N4/c1-16-5-2-3-12(16)13-15-9-11-7-10(8-14)4-6-17(11)13/h4,6-7,9,12H,2-3,5,8,14H2,1H3. The fraction of sp³-hybridized carbons (Fsp3) is 0.462. The topological polar surface area (TPSA) is 46.6 Å². The van der Waals surface area contributed by atoms with Gasteiger partial charge < -0.3 is 10.1 Å². The van der Waals surface area contributed by atoms with Gasteiger partial charge in [-0.2, -0.15) is 0 Å². The highest BCUT2D eigenvalue weighted by Gasteiger charge is 2.25.